The number of nitrogens with zero attached hydrogens (tertiary/aromatic N) is 1. The third kappa shape index (κ3) is 81.5. The van der Waals surface area contributed by atoms with Gasteiger partial charge >= 0.3 is 11.9 Å². The number of carbonyl (C=O) groups is 2. The molecule has 0 bridgehead atoms. The molecule has 0 saturated carbocycles. The molecule has 2 unspecified atom stereocenters. The maximum atomic E-state index is 12.9. The number of allylic oxidation sites excluding steroid dienone is 4. The molecule has 10 heteroatoms. The Labute approximate surface area is 599 Å². The molecule has 9 nitrogen and oxygen atoms in total. The molecule has 0 heterocycles. The van der Waals surface area contributed by atoms with Gasteiger partial charge in [-0.1, -0.05) is 430 Å². The highest BCUT2D eigenvalue weighted by atomic mass is 31.2. The largest absolute Gasteiger partial charge is 0.756 e. The zero-order chi connectivity index (χ0) is 69.7. The van der Waals surface area contributed by atoms with Crippen LogP contribution in [0.4, 0.5) is 0 Å². The molecule has 570 valence electrons. The molecule has 96 heavy (non-hydrogen) atoms. The Kier molecular flexibility index (Phi) is 76.4. The second-order valence-corrected chi connectivity index (χ2v) is 32.3. The smallest absolute Gasteiger partial charge is 0.306 e. The van der Waals surface area contributed by atoms with Gasteiger partial charge in [-0.3, -0.25) is 14.2 Å². The Balaban J connectivity index is 3.85. The SMILES string of the molecule is CCCCCCC/C=C\C/C=C\CCCCCCCCCCCCCCCCCCCCCCCCCCCCCC(=O)OC(COC(=O)CCCCCCCCCCCCCCCCCCCCCCCCCCCCCCCCCCC)COP(=O)([O-])OCC[N+](C)(C)C. The average Bonchev–Trinajstić information content (AvgIpc) is 1.98. The number of hydrogen-bond acceptors (Lipinski definition) is 8. The van der Waals surface area contributed by atoms with E-state index in [9.17, 15) is 19.0 Å². The van der Waals surface area contributed by atoms with Crippen molar-refractivity contribution in [3.8, 4) is 0 Å². The normalized spacial score (nSPS) is 13.0. The van der Waals surface area contributed by atoms with Crippen molar-refractivity contribution in [3.05, 3.63) is 24.3 Å². The summed E-state index contributed by atoms with van der Waals surface area (Å²) in [5.41, 5.74) is 0. The van der Waals surface area contributed by atoms with Crippen LogP contribution in [0.5, 0.6) is 0 Å². The van der Waals surface area contributed by atoms with Gasteiger partial charge in [0.2, 0.25) is 0 Å². The Hall–Kier alpha value is -1.51. The fourth-order valence-corrected chi connectivity index (χ4v) is 14.1. The summed E-state index contributed by atoms with van der Waals surface area (Å²) in [4.78, 5) is 38.2. The molecule has 0 amide bonds. The fraction of sp³-hybridized carbons (Fsp3) is 0.930. The number of phosphoric ester groups is 1. The molecule has 0 spiro atoms. The number of carbonyl (C=O) groups excluding carboxylic acids is 2. The van der Waals surface area contributed by atoms with Gasteiger partial charge < -0.3 is 27.9 Å². The Bertz CT molecular complexity index is 1660. The molecular formula is C86H168NO8P. The summed E-state index contributed by atoms with van der Waals surface area (Å²) in [6, 6.07) is 0. The molecule has 0 aliphatic heterocycles. The molecule has 0 saturated heterocycles. The van der Waals surface area contributed by atoms with Crippen LogP contribution in [-0.4, -0.2) is 70.0 Å². The van der Waals surface area contributed by atoms with Gasteiger partial charge in [0.1, 0.15) is 19.8 Å². The van der Waals surface area contributed by atoms with Crippen molar-refractivity contribution < 1.29 is 42.1 Å². The van der Waals surface area contributed by atoms with Crippen molar-refractivity contribution in [2.75, 3.05) is 47.5 Å². The van der Waals surface area contributed by atoms with Gasteiger partial charge in [0.05, 0.1) is 27.7 Å². The van der Waals surface area contributed by atoms with Crippen molar-refractivity contribution in [2.45, 2.75) is 469 Å². The molecule has 0 N–H and O–H groups in total. The van der Waals surface area contributed by atoms with Crippen molar-refractivity contribution in [3.63, 3.8) is 0 Å². The maximum Gasteiger partial charge on any atom is 0.306 e. The Morgan fingerprint density at radius 2 is 0.562 bits per heavy atom. The molecule has 0 aromatic carbocycles. The standard InChI is InChI=1S/C86H168NO8P/c1-6-8-10-12-14-16-18-20-22-24-26-28-30-32-34-36-38-40-41-42-43-44-45-47-49-51-53-55-57-59-61-63-65-67-69-71-73-75-77-79-86(89)95-84(83-94-96(90,91)93-81-80-87(3,4)5)82-92-85(88)78-76-74-72-70-68-66-64-62-60-58-56-54-52-50-48-46-39-37-35-33-31-29-27-25-23-21-19-17-15-13-11-9-7-2/h18,20,24,26,84H,6-17,19,21-23,25,27-83H2,1-5H3/b20-18-,26-24-. The Morgan fingerprint density at radius 3 is 0.823 bits per heavy atom. The monoisotopic (exact) mass is 1370 g/mol. The van der Waals surface area contributed by atoms with E-state index in [1.165, 1.54) is 392 Å². The van der Waals surface area contributed by atoms with E-state index in [1.54, 1.807) is 0 Å². The van der Waals surface area contributed by atoms with E-state index in [4.69, 9.17) is 18.5 Å². The van der Waals surface area contributed by atoms with E-state index >= 15 is 0 Å². The zero-order valence-electron chi connectivity index (χ0n) is 65.4. The lowest BCUT2D eigenvalue weighted by molar-refractivity contribution is -0.870. The molecule has 0 rings (SSSR count). The van der Waals surface area contributed by atoms with Crippen LogP contribution in [-0.2, 0) is 32.7 Å². The highest BCUT2D eigenvalue weighted by Crippen LogP contribution is 2.38. The molecule has 0 aliphatic carbocycles. The molecule has 0 aliphatic rings. The highest BCUT2D eigenvalue weighted by molar-refractivity contribution is 7.45. The summed E-state index contributed by atoms with van der Waals surface area (Å²) in [7, 11) is 1.20. The van der Waals surface area contributed by atoms with Crippen LogP contribution in [0.15, 0.2) is 24.3 Å². The van der Waals surface area contributed by atoms with Crippen LogP contribution in [0.3, 0.4) is 0 Å². The van der Waals surface area contributed by atoms with Crippen LogP contribution >= 0.6 is 7.82 Å². The third-order valence-electron chi connectivity index (χ3n) is 20.0. The minimum atomic E-state index is -4.64. The lowest BCUT2D eigenvalue weighted by atomic mass is 10.0. The van der Waals surface area contributed by atoms with Gasteiger partial charge in [0, 0.05) is 12.8 Å². The van der Waals surface area contributed by atoms with E-state index in [0.29, 0.717) is 17.4 Å². The first-order valence-electron chi connectivity index (χ1n) is 43.0. The lowest BCUT2D eigenvalue weighted by Gasteiger charge is -2.28. The van der Waals surface area contributed by atoms with Crippen molar-refractivity contribution >= 4 is 19.8 Å². The highest BCUT2D eigenvalue weighted by Gasteiger charge is 2.22. The van der Waals surface area contributed by atoms with Gasteiger partial charge in [0.15, 0.2) is 6.10 Å². The van der Waals surface area contributed by atoms with E-state index in [-0.39, 0.29) is 32.0 Å². The number of unbranched alkanes of at least 4 members (excludes halogenated alkanes) is 64. The Morgan fingerprint density at radius 1 is 0.323 bits per heavy atom. The molecule has 0 aromatic rings. The second-order valence-electron chi connectivity index (χ2n) is 30.9. The fourth-order valence-electron chi connectivity index (χ4n) is 13.4. The first kappa shape index (κ1) is 94.5. The minimum absolute atomic E-state index is 0.0258. The molecule has 0 fully saturated rings. The van der Waals surface area contributed by atoms with Gasteiger partial charge in [-0.2, -0.15) is 0 Å². The average molecular weight is 1380 g/mol. The van der Waals surface area contributed by atoms with Gasteiger partial charge in [0.25, 0.3) is 7.82 Å². The third-order valence-corrected chi connectivity index (χ3v) is 20.9. The van der Waals surface area contributed by atoms with Crippen LogP contribution in [0.1, 0.15) is 463 Å². The van der Waals surface area contributed by atoms with Crippen LogP contribution in [0.2, 0.25) is 0 Å². The summed E-state index contributed by atoms with van der Waals surface area (Å²) in [6.07, 6.45) is 101. The maximum absolute atomic E-state index is 12.9. The van der Waals surface area contributed by atoms with Crippen molar-refractivity contribution in [1.29, 1.82) is 0 Å². The quantitative estimate of drug-likeness (QED) is 0.0195. The predicted octanol–water partition coefficient (Wildman–Crippen LogP) is 28.1. The number of hydrogen-bond donors (Lipinski definition) is 0. The molecule has 0 radical (unpaired) electrons. The number of rotatable bonds is 82. The zero-order valence-corrected chi connectivity index (χ0v) is 66.3. The number of esters is 2. The molecule has 2 atom stereocenters. The number of ether oxygens (including phenoxy) is 2. The van der Waals surface area contributed by atoms with Gasteiger partial charge in [-0.05, 0) is 44.9 Å². The van der Waals surface area contributed by atoms with E-state index < -0.39 is 26.5 Å². The summed E-state index contributed by atoms with van der Waals surface area (Å²) in [5, 5.41) is 0. The first-order valence-corrected chi connectivity index (χ1v) is 44.5. The summed E-state index contributed by atoms with van der Waals surface area (Å²) >= 11 is 0. The molecule has 0 aromatic heterocycles. The predicted molar refractivity (Wildman–Crippen MR) is 416 cm³/mol. The number of quaternary nitrogens is 1. The topological polar surface area (TPSA) is 111 Å². The van der Waals surface area contributed by atoms with Crippen molar-refractivity contribution in [1.82, 2.24) is 0 Å². The first-order chi connectivity index (χ1) is 47.0. The minimum Gasteiger partial charge on any atom is -0.756 e. The summed E-state index contributed by atoms with van der Waals surface area (Å²) < 4.78 is 34.5. The van der Waals surface area contributed by atoms with Crippen LogP contribution < -0.4 is 4.89 Å². The summed E-state index contributed by atoms with van der Waals surface area (Å²) in [6.45, 7) is 4.33. The van der Waals surface area contributed by atoms with Crippen LogP contribution in [0, 0.1) is 0 Å². The van der Waals surface area contributed by atoms with Crippen molar-refractivity contribution in [2.24, 2.45) is 0 Å². The van der Waals surface area contributed by atoms with Gasteiger partial charge in [-0.25, -0.2) is 0 Å². The lowest BCUT2D eigenvalue weighted by Crippen LogP contribution is -2.37. The van der Waals surface area contributed by atoms with E-state index in [0.717, 1.165) is 38.5 Å². The molecular weight excluding hydrogens is 1210 g/mol. The van der Waals surface area contributed by atoms with E-state index in [1.807, 2.05) is 21.1 Å². The summed E-state index contributed by atoms with van der Waals surface area (Å²) in [5.74, 6) is -0.802. The van der Waals surface area contributed by atoms with Crippen LogP contribution in [0.25, 0.3) is 0 Å². The van der Waals surface area contributed by atoms with E-state index in [2.05, 4.69) is 38.2 Å². The second kappa shape index (κ2) is 77.6. The van der Waals surface area contributed by atoms with Gasteiger partial charge in [-0.15, -0.1) is 0 Å². The number of phosphoric acid groups is 1. The number of likely N-dealkylation sites (N-methyl/N-ethyl adjacent to an activating group) is 1.